The summed E-state index contributed by atoms with van der Waals surface area (Å²) in [5.41, 5.74) is 1.95. The fourth-order valence-electron chi connectivity index (χ4n) is 2.14. The number of hydrogen-bond donors (Lipinski definition) is 1. The summed E-state index contributed by atoms with van der Waals surface area (Å²) in [6, 6.07) is 11.3. The molecule has 0 spiro atoms. The Bertz CT molecular complexity index is 711. The minimum Gasteiger partial charge on any atom is -0.494 e. The standard InChI is InChI=1S/C18H18FNO3/c1-12(21)14-5-7-15(8-6-14)20-18(22)10-4-13-3-9-17(23-2)16(19)11-13/h3,5-9,11H,4,10H2,1-2H3,(H,20,22). The molecule has 0 bridgehead atoms. The van der Waals surface area contributed by atoms with Gasteiger partial charge in [0, 0.05) is 17.7 Å². The average Bonchev–Trinajstić information content (AvgIpc) is 2.53. The maximum Gasteiger partial charge on any atom is 0.224 e. The lowest BCUT2D eigenvalue weighted by Gasteiger charge is -2.07. The predicted octanol–water partition coefficient (Wildman–Crippen LogP) is 3.61. The van der Waals surface area contributed by atoms with E-state index in [9.17, 15) is 14.0 Å². The normalized spacial score (nSPS) is 10.2. The highest BCUT2D eigenvalue weighted by atomic mass is 19.1. The maximum absolute atomic E-state index is 13.6. The van der Waals surface area contributed by atoms with E-state index in [2.05, 4.69) is 5.32 Å². The molecule has 1 amide bonds. The van der Waals surface area contributed by atoms with Crippen molar-refractivity contribution in [2.45, 2.75) is 19.8 Å². The Morgan fingerprint density at radius 3 is 2.39 bits per heavy atom. The minimum absolute atomic E-state index is 0.0237. The Kier molecular flexibility index (Phi) is 5.46. The SMILES string of the molecule is COc1ccc(CCC(=O)Nc2ccc(C(C)=O)cc2)cc1F. The van der Waals surface area contributed by atoms with Gasteiger partial charge in [-0.25, -0.2) is 4.39 Å². The lowest BCUT2D eigenvalue weighted by Crippen LogP contribution is -2.12. The average molecular weight is 315 g/mol. The maximum atomic E-state index is 13.6. The van der Waals surface area contributed by atoms with Crippen molar-refractivity contribution in [3.8, 4) is 5.75 Å². The lowest BCUT2D eigenvalue weighted by molar-refractivity contribution is -0.116. The van der Waals surface area contributed by atoms with Crippen LogP contribution >= 0.6 is 0 Å². The van der Waals surface area contributed by atoms with Gasteiger partial charge in [0.2, 0.25) is 5.91 Å². The summed E-state index contributed by atoms with van der Waals surface area (Å²) in [4.78, 5) is 23.1. The topological polar surface area (TPSA) is 55.4 Å². The molecule has 2 aromatic rings. The van der Waals surface area contributed by atoms with Crippen LogP contribution in [0.15, 0.2) is 42.5 Å². The van der Waals surface area contributed by atoms with Crippen LogP contribution in [-0.2, 0) is 11.2 Å². The van der Waals surface area contributed by atoms with Crippen molar-refractivity contribution in [3.63, 3.8) is 0 Å². The predicted molar refractivity (Wildman–Crippen MR) is 86.3 cm³/mol. The number of carbonyl (C=O) groups is 2. The van der Waals surface area contributed by atoms with Crippen molar-refractivity contribution >= 4 is 17.4 Å². The van der Waals surface area contributed by atoms with E-state index in [-0.39, 0.29) is 23.9 Å². The quantitative estimate of drug-likeness (QED) is 0.829. The third kappa shape index (κ3) is 4.64. The fraction of sp³-hybridized carbons (Fsp3) is 0.222. The number of Topliss-reactive ketones (excluding diaryl/α,β-unsaturated/α-hetero) is 1. The van der Waals surface area contributed by atoms with E-state index in [1.165, 1.54) is 20.1 Å². The second-order valence-electron chi connectivity index (χ2n) is 5.15. The molecular formula is C18H18FNO3. The molecule has 4 nitrogen and oxygen atoms in total. The van der Waals surface area contributed by atoms with Crippen LogP contribution < -0.4 is 10.1 Å². The first-order valence-electron chi connectivity index (χ1n) is 7.23. The molecule has 0 atom stereocenters. The van der Waals surface area contributed by atoms with Gasteiger partial charge in [-0.05, 0) is 55.3 Å². The van der Waals surface area contributed by atoms with E-state index < -0.39 is 5.82 Å². The summed E-state index contributed by atoms with van der Waals surface area (Å²) in [6.07, 6.45) is 0.665. The van der Waals surface area contributed by atoms with E-state index in [0.29, 0.717) is 17.7 Å². The molecule has 120 valence electrons. The molecule has 23 heavy (non-hydrogen) atoms. The first-order chi connectivity index (χ1) is 11.0. The van der Waals surface area contributed by atoms with E-state index in [0.717, 1.165) is 5.56 Å². The molecule has 0 fully saturated rings. The number of nitrogens with one attached hydrogen (secondary N) is 1. The summed E-state index contributed by atoms with van der Waals surface area (Å²) in [5, 5.41) is 2.75. The summed E-state index contributed by atoms with van der Waals surface area (Å²) in [7, 11) is 1.41. The number of hydrogen-bond acceptors (Lipinski definition) is 3. The zero-order valence-electron chi connectivity index (χ0n) is 13.1. The van der Waals surface area contributed by atoms with Gasteiger partial charge in [0.1, 0.15) is 0 Å². The number of halogens is 1. The molecule has 0 radical (unpaired) electrons. The van der Waals surface area contributed by atoms with Gasteiger partial charge < -0.3 is 10.1 Å². The highest BCUT2D eigenvalue weighted by molar-refractivity contribution is 5.95. The summed E-state index contributed by atoms with van der Waals surface area (Å²) in [5.74, 6) is -0.449. The van der Waals surface area contributed by atoms with Crippen molar-refractivity contribution in [2.24, 2.45) is 0 Å². The number of rotatable bonds is 6. The molecule has 0 aliphatic heterocycles. The number of amides is 1. The van der Waals surface area contributed by atoms with Gasteiger partial charge in [0.05, 0.1) is 7.11 Å². The van der Waals surface area contributed by atoms with Gasteiger partial charge in [-0.3, -0.25) is 9.59 Å². The Morgan fingerprint density at radius 1 is 1.13 bits per heavy atom. The lowest BCUT2D eigenvalue weighted by atomic mass is 10.1. The van der Waals surface area contributed by atoms with Gasteiger partial charge in [0.25, 0.3) is 0 Å². The summed E-state index contributed by atoms with van der Waals surface area (Å²) >= 11 is 0. The van der Waals surface area contributed by atoms with Crippen LogP contribution in [0.25, 0.3) is 0 Å². The molecule has 2 rings (SSSR count). The van der Waals surface area contributed by atoms with Gasteiger partial charge in [-0.1, -0.05) is 6.07 Å². The Morgan fingerprint density at radius 2 is 1.83 bits per heavy atom. The van der Waals surface area contributed by atoms with Crippen LogP contribution in [0.2, 0.25) is 0 Å². The largest absolute Gasteiger partial charge is 0.494 e. The molecule has 0 aliphatic carbocycles. The first kappa shape index (κ1) is 16.7. The van der Waals surface area contributed by atoms with E-state index in [4.69, 9.17) is 4.74 Å². The van der Waals surface area contributed by atoms with Gasteiger partial charge in [-0.2, -0.15) is 0 Å². The van der Waals surface area contributed by atoms with Crippen molar-refractivity contribution in [2.75, 3.05) is 12.4 Å². The van der Waals surface area contributed by atoms with E-state index in [1.807, 2.05) is 0 Å². The number of ketones is 1. The van der Waals surface area contributed by atoms with Crippen molar-refractivity contribution in [1.82, 2.24) is 0 Å². The second kappa shape index (κ2) is 7.54. The van der Waals surface area contributed by atoms with Crippen LogP contribution in [-0.4, -0.2) is 18.8 Å². The molecule has 0 aromatic heterocycles. The third-order valence-electron chi connectivity index (χ3n) is 3.43. The molecule has 2 aromatic carbocycles. The minimum atomic E-state index is -0.440. The van der Waals surface area contributed by atoms with Gasteiger partial charge in [0.15, 0.2) is 17.3 Å². The van der Waals surface area contributed by atoms with Crippen LogP contribution in [0.3, 0.4) is 0 Å². The number of ether oxygens (including phenoxy) is 1. The number of aryl methyl sites for hydroxylation is 1. The molecule has 0 aliphatic rings. The zero-order chi connectivity index (χ0) is 16.8. The van der Waals surface area contributed by atoms with E-state index in [1.54, 1.807) is 36.4 Å². The molecule has 0 saturated carbocycles. The van der Waals surface area contributed by atoms with Crippen LogP contribution in [0.1, 0.15) is 29.3 Å². The van der Waals surface area contributed by atoms with Gasteiger partial charge >= 0.3 is 0 Å². The molecule has 1 N–H and O–H groups in total. The summed E-state index contributed by atoms with van der Waals surface area (Å²) in [6.45, 7) is 1.49. The highest BCUT2D eigenvalue weighted by Crippen LogP contribution is 2.18. The Balaban J connectivity index is 1.89. The van der Waals surface area contributed by atoms with Crippen molar-refractivity contribution in [1.29, 1.82) is 0 Å². The summed E-state index contributed by atoms with van der Waals surface area (Å²) < 4.78 is 18.4. The molecule has 0 heterocycles. The van der Waals surface area contributed by atoms with Crippen LogP contribution in [0, 0.1) is 5.82 Å². The van der Waals surface area contributed by atoms with Crippen LogP contribution in [0.4, 0.5) is 10.1 Å². The number of methoxy groups -OCH3 is 1. The Hall–Kier alpha value is -2.69. The molecule has 0 saturated heterocycles. The smallest absolute Gasteiger partial charge is 0.224 e. The molecule has 0 unspecified atom stereocenters. The highest BCUT2D eigenvalue weighted by Gasteiger charge is 2.07. The number of carbonyl (C=O) groups excluding carboxylic acids is 2. The second-order valence-corrected chi connectivity index (χ2v) is 5.15. The van der Waals surface area contributed by atoms with Gasteiger partial charge in [-0.15, -0.1) is 0 Å². The monoisotopic (exact) mass is 315 g/mol. The molecule has 5 heteroatoms. The number of anilines is 1. The zero-order valence-corrected chi connectivity index (χ0v) is 13.1. The molecular weight excluding hydrogens is 297 g/mol. The first-order valence-corrected chi connectivity index (χ1v) is 7.23. The van der Waals surface area contributed by atoms with Crippen molar-refractivity contribution in [3.05, 3.63) is 59.4 Å². The van der Waals surface area contributed by atoms with Crippen LogP contribution in [0.5, 0.6) is 5.75 Å². The fourth-order valence-corrected chi connectivity index (χ4v) is 2.14. The Labute approximate surface area is 134 Å². The number of benzene rings is 2. The third-order valence-corrected chi connectivity index (χ3v) is 3.43. The van der Waals surface area contributed by atoms with E-state index >= 15 is 0 Å². The van der Waals surface area contributed by atoms with Crippen molar-refractivity contribution < 1.29 is 18.7 Å².